The third kappa shape index (κ3) is 4.49. The molecule has 1 aromatic carbocycles. The molecule has 0 amide bonds. The summed E-state index contributed by atoms with van der Waals surface area (Å²) in [5.41, 5.74) is 8.01. The first-order valence-electron chi connectivity index (χ1n) is 7.75. The van der Waals surface area contributed by atoms with Crippen molar-refractivity contribution in [2.24, 2.45) is 10.2 Å². The monoisotopic (exact) mass is 322 g/mol. The van der Waals surface area contributed by atoms with Crippen LogP contribution in [0.3, 0.4) is 0 Å². The molecule has 2 N–H and O–H groups in total. The largest absolute Gasteiger partial charge is 0.259 e. The molecule has 2 aromatic rings. The fourth-order valence-corrected chi connectivity index (χ4v) is 1.81. The van der Waals surface area contributed by atoms with Gasteiger partial charge in [0.1, 0.15) is 0 Å². The van der Waals surface area contributed by atoms with Crippen molar-refractivity contribution < 1.29 is 0 Å². The van der Waals surface area contributed by atoms with E-state index in [1.807, 2.05) is 64.1 Å². The molecule has 0 atom stereocenters. The molecular formula is C18H22N6. The lowest BCUT2D eigenvalue weighted by molar-refractivity contribution is 1.03. The average molecular weight is 322 g/mol. The van der Waals surface area contributed by atoms with Crippen molar-refractivity contribution in [1.29, 1.82) is 0 Å². The number of hydrogen-bond acceptors (Lipinski definition) is 6. The van der Waals surface area contributed by atoms with Crippen molar-refractivity contribution in [2.75, 3.05) is 10.9 Å². The molecule has 0 radical (unpaired) electrons. The SMILES string of the molecule is C/C=C(C)\C=N\Nc1nnc(N/N=C/C(C)=C\C)c2ccccc12. The van der Waals surface area contributed by atoms with Crippen LogP contribution >= 0.6 is 0 Å². The number of aromatic nitrogens is 2. The van der Waals surface area contributed by atoms with E-state index in [0.29, 0.717) is 11.6 Å². The number of anilines is 2. The van der Waals surface area contributed by atoms with E-state index in [-0.39, 0.29) is 0 Å². The van der Waals surface area contributed by atoms with E-state index >= 15 is 0 Å². The van der Waals surface area contributed by atoms with Crippen molar-refractivity contribution >= 4 is 34.8 Å². The van der Waals surface area contributed by atoms with Gasteiger partial charge < -0.3 is 0 Å². The van der Waals surface area contributed by atoms with Gasteiger partial charge in [0, 0.05) is 23.2 Å². The highest BCUT2D eigenvalue weighted by Crippen LogP contribution is 2.25. The molecule has 0 spiro atoms. The smallest absolute Gasteiger partial charge is 0.176 e. The van der Waals surface area contributed by atoms with Gasteiger partial charge in [0.2, 0.25) is 0 Å². The lowest BCUT2D eigenvalue weighted by Gasteiger charge is -2.07. The summed E-state index contributed by atoms with van der Waals surface area (Å²) in [5, 5.41) is 18.6. The summed E-state index contributed by atoms with van der Waals surface area (Å²) in [4.78, 5) is 0. The number of fused-ring (bicyclic) bond motifs is 1. The topological polar surface area (TPSA) is 74.6 Å². The zero-order valence-electron chi connectivity index (χ0n) is 14.4. The molecular weight excluding hydrogens is 300 g/mol. The van der Waals surface area contributed by atoms with Crippen molar-refractivity contribution in [2.45, 2.75) is 27.7 Å². The minimum Gasteiger partial charge on any atom is -0.259 e. The van der Waals surface area contributed by atoms with Crippen LogP contribution in [0.4, 0.5) is 11.6 Å². The van der Waals surface area contributed by atoms with Crippen molar-refractivity contribution in [3.05, 3.63) is 47.6 Å². The Kier molecular flexibility index (Phi) is 6.19. The second kappa shape index (κ2) is 8.57. The van der Waals surface area contributed by atoms with Gasteiger partial charge in [-0.1, -0.05) is 36.4 Å². The van der Waals surface area contributed by atoms with Gasteiger partial charge in [-0.25, -0.2) is 0 Å². The molecule has 0 fully saturated rings. The Morgan fingerprint density at radius 2 is 1.25 bits per heavy atom. The maximum atomic E-state index is 4.20. The van der Waals surface area contributed by atoms with E-state index in [1.165, 1.54) is 0 Å². The Hall–Kier alpha value is -3.02. The maximum Gasteiger partial charge on any atom is 0.176 e. The Balaban J connectivity index is 2.29. The van der Waals surface area contributed by atoms with Gasteiger partial charge in [-0.15, -0.1) is 10.2 Å². The number of benzene rings is 1. The van der Waals surface area contributed by atoms with Crippen LogP contribution in [0.25, 0.3) is 10.8 Å². The van der Waals surface area contributed by atoms with E-state index < -0.39 is 0 Å². The highest BCUT2D eigenvalue weighted by atomic mass is 15.4. The minimum absolute atomic E-state index is 0.602. The van der Waals surface area contributed by atoms with Crippen LogP contribution in [0.2, 0.25) is 0 Å². The molecule has 0 aliphatic rings. The van der Waals surface area contributed by atoms with Crippen LogP contribution in [0.15, 0.2) is 57.8 Å². The molecule has 124 valence electrons. The summed E-state index contributed by atoms with van der Waals surface area (Å²) < 4.78 is 0. The highest BCUT2D eigenvalue weighted by Gasteiger charge is 2.07. The fraction of sp³-hybridized carbons (Fsp3) is 0.222. The van der Waals surface area contributed by atoms with E-state index in [2.05, 4.69) is 31.3 Å². The van der Waals surface area contributed by atoms with Crippen molar-refractivity contribution in [3.8, 4) is 0 Å². The summed E-state index contributed by atoms with van der Waals surface area (Å²) in [6.07, 6.45) is 7.44. The van der Waals surface area contributed by atoms with Gasteiger partial charge in [-0.05, 0) is 38.8 Å². The fourth-order valence-electron chi connectivity index (χ4n) is 1.81. The number of nitrogens with zero attached hydrogens (tertiary/aromatic N) is 4. The number of hydrogen-bond donors (Lipinski definition) is 2. The third-order valence-electron chi connectivity index (χ3n) is 3.48. The Morgan fingerprint density at radius 1 is 0.833 bits per heavy atom. The Morgan fingerprint density at radius 3 is 1.62 bits per heavy atom. The van der Waals surface area contributed by atoms with Gasteiger partial charge in [0.05, 0.1) is 0 Å². The summed E-state index contributed by atoms with van der Waals surface area (Å²) in [6, 6.07) is 7.84. The van der Waals surface area contributed by atoms with E-state index in [0.717, 1.165) is 21.9 Å². The molecule has 0 unspecified atom stereocenters. The molecule has 0 saturated heterocycles. The molecule has 0 aliphatic heterocycles. The predicted octanol–water partition coefficient (Wildman–Crippen LogP) is 4.36. The summed E-state index contributed by atoms with van der Waals surface area (Å²) in [6.45, 7) is 7.89. The molecule has 24 heavy (non-hydrogen) atoms. The lowest BCUT2D eigenvalue weighted by atomic mass is 10.2. The summed E-state index contributed by atoms with van der Waals surface area (Å²) in [7, 11) is 0. The Bertz CT molecular complexity index is 749. The van der Waals surface area contributed by atoms with Crippen LogP contribution in [-0.2, 0) is 0 Å². The average Bonchev–Trinajstić information content (AvgIpc) is 2.62. The van der Waals surface area contributed by atoms with Gasteiger partial charge >= 0.3 is 0 Å². The minimum atomic E-state index is 0.602. The van der Waals surface area contributed by atoms with Gasteiger partial charge in [-0.3, -0.25) is 10.9 Å². The molecule has 6 heteroatoms. The predicted molar refractivity (Wildman–Crippen MR) is 103 cm³/mol. The quantitative estimate of drug-likeness (QED) is 0.612. The summed E-state index contributed by atoms with van der Waals surface area (Å²) >= 11 is 0. The van der Waals surface area contributed by atoms with Gasteiger partial charge in [0.25, 0.3) is 0 Å². The molecule has 2 rings (SSSR count). The molecule has 6 nitrogen and oxygen atoms in total. The van der Waals surface area contributed by atoms with E-state index in [1.54, 1.807) is 12.4 Å². The van der Waals surface area contributed by atoms with Crippen molar-refractivity contribution in [3.63, 3.8) is 0 Å². The number of hydrazone groups is 2. The first-order chi connectivity index (χ1) is 11.7. The van der Waals surface area contributed by atoms with Crippen LogP contribution in [0.5, 0.6) is 0 Å². The number of rotatable bonds is 6. The Labute approximate surface area is 142 Å². The van der Waals surface area contributed by atoms with Crippen molar-refractivity contribution in [1.82, 2.24) is 10.2 Å². The number of allylic oxidation sites excluding steroid dienone is 4. The van der Waals surface area contributed by atoms with Crippen LogP contribution in [0.1, 0.15) is 27.7 Å². The maximum absolute atomic E-state index is 4.20. The van der Waals surface area contributed by atoms with Gasteiger partial charge in [-0.2, -0.15) is 10.2 Å². The number of nitrogens with one attached hydrogen (secondary N) is 2. The molecule has 1 heterocycles. The van der Waals surface area contributed by atoms with Crippen LogP contribution in [0, 0.1) is 0 Å². The zero-order valence-corrected chi connectivity index (χ0v) is 14.4. The third-order valence-corrected chi connectivity index (χ3v) is 3.48. The first-order valence-corrected chi connectivity index (χ1v) is 7.75. The van der Waals surface area contributed by atoms with E-state index in [9.17, 15) is 0 Å². The summed E-state index contributed by atoms with van der Waals surface area (Å²) in [5.74, 6) is 1.20. The highest BCUT2D eigenvalue weighted by molar-refractivity contribution is 5.98. The standard InChI is InChI=1S/C18H22N6/c1-5-13(3)11-19-21-17-15-9-7-8-10-16(15)18(24-23-17)22-20-12-14(4)6-2/h5-12H,1-4H3,(H,21,23)(H,22,24)/b13-5-,14-6-,19-11+,20-12+. The molecule has 0 bridgehead atoms. The van der Waals surface area contributed by atoms with Gasteiger partial charge in [0.15, 0.2) is 11.6 Å². The molecule has 0 aliphatic carbocycles. The first kappa shape index (κ1) is 17.3. The molecule has 1 aromatic heterocycles. The lowest BCUT2D eigenvalue weighted by Crippen LogP contribution is -2.01. The second-order valence-corrected chi connectivity index (χ2v) is 5.25. The van der Waals surface area contributed by atoms with Crippen LogP contribution in [-0.4, -0.2) is 22.6 Å². The van der Waals surface area contributed by atoms with E-state index in [4.69, 9.17) is 0 Å². The normalized spacial score (nSPS) is 13.2. The molecule has 0 saturated carbocycles. The second-order valence-electron chi connectivity index (χ2n) is 5.25. The zero-order chi connectivity index (χ0) is 17.4. The van der Waals surface area contributed by atoms with Crippen LogP contribution < -0.4 is 10.9 Å².